The molecular weight excluding hydrogens is 316 g/mol. The lowest BCUT2D eigenvalue weighted by Gasteiger charge is -2.41. The number of rotatable bonds is 4. The zero-order valence-electron chi connectivity index (χ0n) is 13.5. The van der Waals surface area contributed by atoms with Crippen molar-refractivity contribution in [1.29, 1.82) is 0 Å². The van der Waals surface area contributed by atoms with E-state index in [0.29, 0.717) is 22.9 Å². The Morgan fingerprint density at radius 3 is 2.61 bits per heavy atom. The first-order valence-electron chi connectivity index (χ1n) is 8.08. The predicted molar refractivity (Wildman–Crippen MR) is 88.8 cm³/mol. The minimum Gasteiger partial charge on any atom is -0.465 e. The molecule has 2 heterocycles. The van der Waals surface area contributed by atoms with E-state index in [1.165, 1.54) is 19.2 Å². The average Bonchev–Trinajstić information content (AvgIpc) is 2.68. The van der Waals surface area contributed by atoms with Gasteiger partial charge in [-0.05, 0) is 50.9 Å². The molecule has 0 aromatic carbocycles. The fraction of sp³-hybridized carbons (Fsp3) is 0.688. The first-order chi connectivity index (χ1) is 10.8. The first-order valence-corrected chi connectivity index (χ1v) is 8.45. The highest BCUT2D eigenvalue weighted by atomic mass is 35.5. The molecule has 0 unspecified atom stereocenters. The Morgan fingerprint density at radius 2 is 2.04 bits per heavy atom. The molecule has 2 aliphatic rings. The predicted octanol–water partition coefficient (Wildman–Crippen LogP) is 3.03. The van der Waals surface area contributed by atoms with Gasteiger partial charge in [-0.2, -0.15) is 0 Å². The van der Waals surface area contributed by atoms with Crippen LogP contribution in [0.2, 0.25) is 5.15 Å². The summed E-state index contributed by atoms with van der Waals surface area (Å²) in [5, 5.41) is 12.1. The number of anilines is 1. The summed E-state index contributed by atoms with van der Waals surface area (Å²) < 4.78 is 0. The van der Waals surface area contributed by atoms with E-state index in [0.717, 1.165) is 25.3 Å². The van der Waals surface area contributed by atoms with Crippen LogP contribution in [0.4, 0.5) is 10.6 Å². The highest BCUT2D eigenvalue weighted by molar-refractivity contribution is 6.29. The van der Waals surface area contributed by atoms with E-state index >= 15 is 0 Å². The van der Waals surface area contributed by atoms with Gasteiger partial charge >= 0.3 is 6.09 Å². The number of hydrogen-bond acceptors (Lipinski definition) is 4. The quantitative estimate of drug-likeness (QED) is 0.825. The number of nitrogens with one attached hydrogen (secondary N) is 1. The molecule has 3 rings (SSSR count). The van der Waals surface area contributed by atoms with Crippen LogP contribution in [0.15, 0.2) is 12.4 Å². The minimum atomic E-state index is -0.949. The van der Waals surface area contributed by atoms with Gasteiger partial charge in [-0.1, -0.05) is 11.6 Å². The lowest BCUT2D eigenvalue weighted by Crippen LogP contribution is -2.49. The fourth-order valence-electron chi connectivity index (χ4n) is 4.28. The van der Waals surface area contributed by atoms with Gasteiger partial charge in [0.2, 0.25) is 0 Å². The van der Waals surface area contributed by atoms with Crippen LogP contribution in [0.25, 0.3) is 0 Å². The van der Waals surface area contributed by atoms with Crippen molar-refractivity contribution >= 4 is 23.5 Å². The monoisotopic (exact) mass is 338 g/mol. The number of amides is 1. The highest BCUT2D eigenvalue weighted by Gasteiger charge is 2.44. The molecule has 1 amide bonds. The molecule has 1 saturated heterocycles. The van der Waals surface area contributed by atoms with Gasteiger partial charge in [0.15, 0.2) is 0 Å². The van der Waals surface area contributed by atoms with E-state index in [1.807, 2.05) is 19.9 Å². The van der Waals surface area contributed by atoms with E-state index in [-0.39, 0.29) is 0 Å². The van der Waals surface area contributed by atoms with E-state index in [2.05, 4.69) is 20.2 Å². The molecule has 1 aromatic rings. The molecular formula is C16H23ClN4O2. The lowest BCUT2D eigenvalue weighted by molar-refractivity contribution is 0.160. The van der Waals surface area contributed by atoms with E-state index in [1.54, 1.807) is 0 Å². The maximum absolute atomic E-state index is 11.0. The van der Waals surface area contributed by atoms with Crippen LogP contribution >= 0.6 is 11.6 Å². The number of carboxylic acid groups (broad SMARTS) is 1. The molecule has 1 aliphatic carbocycles. The van der Waals surface area contributed by atoms with Crippen LogP contribution < -0.4 is 10.2 Å². The summed E-state index contributed by atoms with van der Waals surface area (Å²) in [6.07, 6.45) is 3.84. The maximum atomic E-state index is 11.0. The van der Waals surface area contributed by atoms with Crippen LogP contribution in [-0.2, 0) is 0 Å². The van der Waals surface area contributed by atoms with Crippen molar-refractivity contribution < 1.29 is 9.90 Å². The molecule has 1 saturated carbocycles. The van der Waals surface area contributed by atoms with Crippen LogP contribution in [0, 0.1) is 17.8 Å². The van der Waals surface area contributed by atoms with Gasteiger partial charge in [0.1, 0.15) is 17.3 Å². The molecule has 0 radical (unpaired) electrons. The smallest absolute Gasteiger partial charge is 0.405 e. The Balaban J connectivity index is 1.69. The topological polar surface area (TPSA) is 78.4 Å². The number of fused-ring (bicyclic) bond motifs is 2. The van der Waals surface area contributed by atoms with Crippen molar-refractivity contribution in [2.24, 2.45) is 17.8 Å². The molecule has 23 heavy (non-hydrogen) atoms. The second-order valence-corrected chi connectivity index (χ2v) is 7.77. The Morgan fingerprint density at radius 1 is 1.39 bits per heavy atom. The van der Waals surface area contributed by atoms with E-state index < -0.39 is 11.6 Å². The lowest BCUT2D eigenvalue weighted by atomic mass is 9.77. The molecule has 1 aliphatic heterocycles. The van der Waals surface area contributed by atoms with Gasteiger partial charge in [-0.25, -0.2) is 14.8 Å². The third-order valence-corrected chi connectivity index (χ3v) is 5.37. The first kappa shape index (κ1) is 16.3. The summed E-state index contributed by atoms with van der Waals surface area (Å²) in [6.45, 7) is 5.85. The number of nitrogens with zero attached hydrogens (tertiary/aromatic N) is 3. The second kappa shape index (κ2) is 6.15. The molecule has 6 nitrogen and oxygen atoms in total. The van der Waals surface area contributed by atoms with Crippen molar-refractivity contribution in [2.75, 3.05) is 18.0 Å². The largest absolute Gasteiger partial charge is 0.465 e. The zero-order chi connectivity index (χ0) is 16.6. The second-order valence-electron chi connectivity index (χ2n) is 7.38. The van der Waals surface area contributed by atoms with E-state index in [9.17, 15) is 4.79 Å². The Kier molecular flexibility index (Phi) is 4.36. The highest BCUT2D eigenvalue weighted by Crippen LogP contribution is 2.46. The summed E-state index contributed by atoms with van der Waals surface area (Å²) in [6, 6.07) is 1.82. The molecule has 126 valence electrons. The molecule has 3 atom stereocenters. The number of aromatic nitrogens is 2. The summed E-state index contributed by atoms with van der Waals surface area (Å²) in [5.74, 6) is 2.61. The van der Waals surface area contributed by atoms with Crippen LogP contribution in [-0.4, -0.2) is 39.8 Å². The fourth-order valence-corrected chi connectivity index (χ4v) is 4.42. The third-order valence-electron chi connectivity index (χ3n) is 5.16. The van der Waals surface area contributed by atoms with Crippen LogP contribution in [0.5, 0.6) is 0 Å². The Hall–Kier alpha value is -1.56. The number of piperidine rings is 1. The Bertz CT molecular complexity index is 581. The number of carbonyl (C=O) groups is 1. The van der Waals surface area contributed by atoms with Crippen molar-refractivity contribution in [3.8, 4) is 0 Å². The van der Waals surface area contributed by atoms with Gasteiger partial charge in [0, 0.05) is 24.7 Å². The van der Waals surface area contributed by atoms with Crippen molar-refractivity contribution in [2.45, 2.75) is 38.6 Å². The van der Waals surface area contributed by atoms with Gasteiger partial charge in [-0.3, -0.25) is 0 Å². The van der Waals surface area contributed by atoms with Crippen LogP contribution in [0.1, 0.15) is 33.1 Å². The normalized spacial score (nSPS) is 27.1. The molecule has 0 spiro atoms. The van der Waals surface area contributed by atoms with E-state index in [4.69, 9.17) is 16.7 Å². The summed E-state index contributed by atoms with van der Waals surface area (Å²) in [5.41, 5.74) is -0.391. The van der Waals surface area contributed by atoms with Crippen molar-refractivity contribution in [1.82, 2.24) is 15.3 Å². The van der Waals surface area contributed by atoms with Crippen molar-refractivity contribution in [3.63, 3.8) is 0 Å². The third kappa shape index (κ3) is 3.68. The molecule has 2 fully saturated rings. The molecule has 7 heteroatoms. The van der Waals surface area contributed by atoms with Gasteiger partial charge in [0.25, 0.3) is 0 Å². The summed E-state index contributed by atoms with van der Waals surface area (Å²) in [4.78, 5) is 21.5. The number of hydrogen-bond donors (Lipinski definition) is 2. The Labute approximate surface area is 141 Å². The summed E-state index contributed by atoms with van der Waals surface area (Å²) in [7, 11) is 0. The summed E-state index contributed by atoms with van der Waals surface area (Å²) >= 11 is 5.98. The SMILES string of the molecule is CC(C)(C[C@H]1[C@@H]2CC[C@H]1CN(c1cc(Cl)ncn1)C2)NC(=O)O. The van der Waals surface area contributed by atoms with Gasteiger partial charge in [-0.15, -0.1) is 0 Å². The average molecular weight is 339 g/mol. The molecule has 1 aromatic heterocycles. The van der Waals surface area contributed by atoms with Gasteiger partial charge < -0.3 is 15.3 Å². The zero-order valence-corrected chi connectivity index (χ0v) is 14.3. The van der Waals surface area contributed by atoms with Crippen molar-refractivity contribution in [3.05, 3.63) is 17.5 Å². The van der Waals surface area contributed by atoms with Crippen LogP contribution in [0.3, 0.4) is 0 Å². The van der Waals surface area contributed by atoms with Gasteiger partial charge in [0.05, 0.1) is 0 Å². The maximum Gasteiger partial charge on any atom is 0.405 e. The number of halogens is 1. The molecule has 2 bridgehead atoms. The standard InChI is InChI=1S/C16H23ClN4O2/c1-16(2,20-15(22)23)6-12-10-3-4-11(12)8-21(7-10)14-5-13(17)18-9-19-14/h5,9-12,20H,3-4,6-8H2,1-2H3,(H,22,23)/t10-,11+,12+. The minimum absolute atomic E-state index is 0.391. The molecule has 2 N–H and O–H groups in total.